The Morgan fingerprint density at radius 3 is 2.09 bits per heavy atom. The SMILES string of the molecule is COc1ccc(NC(=O)COC(=O)CN2C(=O)N[C@@](C)(c3ccc(OC)cc3)C2=O)cc1. The van der Waals surface area contributed by atoms with Gasteiger partial charge in [0.05, 0.1) is 14.2 Å². The van der Waals surface area contributed by atoms with E-state index in [2.05, 4.69) is 10.6 Å². The van der Waals surface area contributed by atoms with Crippen molar-refractivity contribution in [2.75, 3.05) is 32.7 Å². The summed E-state index contributed by atoms with van der Waals surface area (Å²) in [4.78, 5) is 50.1. The van der Waals surface area contributed by atoms with Gasteiger partial charge in [0.25, 0.3) is 11.8 Å². The number of carbonyl (C=O) groups is 4. The van der Waals surface area contributed by atoms with Crippen LogP contribution in [0.3, 0.4) is 0 Å². The highest BCUT2D eigenvalue weighted by Gasteiger charge is 2.49. The van der Waals surface area contributed by atoms with Crippen molar-refractivity contribution in [3.63, 3.8) is 0 Å². The molecule has 4 amide bonds. The smallest absolute Gasteiger partial charge is 0.326 e. The van der Waals surface area contributed by atoms with Gasteiger partial charge in [0.2, 0.25) is 0 Å². The van der Waals surface area contributed by atoms with Crippen LogP contribution in [0.25, 0.3) is 0 Å². The van der Waals surface area contributed by atoms with Crippen molar-refractivity contribution in [1.82, 2.24) is 10.2 Å². The van der Waals surface area contributed by atoms with Gasteiger partial charge in [0.15, 0.2) is 6.61 Å². The molecular weight excluding hydrogens is 418 g/mol. The first kappa shape index (κ1) is 22.6. The van der Waals surface area contributed by atoms with Crippen LogP contribution in [0.5, 0.6) is 11.5 Å². The molecule has 0 bridgehead atoms. The van der Waals surface area contributed by atoms with Gasteiger partial charge in [-0.05, 0) is 48.9 Å². The second kappa shape index (κ2) is 9.38. The van der Waals surface area contributed by atoms with E-state index in [4.69, 9.17) is 14.2 Å². The monoisotopic (exact) mass is 441 g/mol. The lowest BCUT2D eigenvalue weighted by Crippen LogP contribution is -2.41. The van der Waals surface area contributed by atoms with Crippen LogP contribution < -0.4 is 20.1 Å². The lowest BCUT2D eigenvalue weighted by molar-refractivity contribution is -0.150. The van der Waals surface area contributed by atoms with Gasteiger partial charge in [-0.2, -0.15) is 0 Å². The highest BCUT2D eigenvalue weighted by atomic mass is 16.5. The van der Waals surface area contributed by atoms with Crippen molar-refractivity contribution in [1.29, 1.82) is 0 Å². The van der Waals surface area contributed by atoms with Crippen LogP contribution >= 0.6 is 0 Å². The lowest BCUT2D eigenvalue weighted by Gasteiger charge is -2.22. The fraction of sp³-hybridized carbons (Fsp3) is 0.273. The molecule has 1 atom stereocenters. The van der Waals surface area contributed by atoms with E-state index in [1.807, 2.05) is 0 Å². The number of esters is 1. The van der Waals surface area contributed by atoms with Crippen molar-refractivity contribution in [3.8, 4) is 11.5 Å². The Balaban J connectivity index is 1.55. The third-order valence-electron chi connectivity index (χ3n) is 4.97. The second-order valence-electron chi connectivity index (χ2n) is 7.11. The molecule has 0 spiro atoms. The third-order valence-corrected chi connectivity index (χ3v) is 4.97. The maximum Gasteiger partial charge on any atom is 0.326 e. The molecule has 1 heterocycles. The number of nitrogens with one attached hydrogen (secondary N) is 2. The molecule has 1 aliphatic heterocycles. The number of imide groups is 1. The first-order valence-corrected chi connectivity index (χ1v) is 9.65. The number of amides is 4. The maximum atomic E-state index is 12.9. The van der Waals surface area contributed by atoms with Crippen LogP contribution in [0.2, 0.25) is 0 Å². The lowest BCUT2D eigenvalue weighted by atomic mass is 9.92. The Hall–Kier alpha value is -4.08. The Kier molecular flexibility index (Phi) is 6.62. The molecule has 2 aromatic carbocycles. The largest absolute Gasteiger partial charge is 0.497 e. The van der Waals surface area contributed by atoms with Crippen LogP contribution in [0.15, 0.2) is 48.5 Å². The number of nitrogens with zero attached hydrogens (tertiary/aromatic N) is 1. The number of benzene rings is 2. The van der Waals surface area contributed by atoms with Crippen LogP contribution in [0.1, 0.15) is 12.5 Å². The third kappa shape index (κ3) is 4.80. The molecule has 2 N–H and O–H groups in total. The van der Waals surface area contributed by atoms with Crippen LogP contribution in [0, 0.1) is 0 Å². The molecule has 10 heteroatoms. The minimum Gasteiger partial charge on any atom is -0.497 e. The van der Waals surface area contributed by atoms with E-state index in [1.54, 1.807) is 55.5 Å². The number of methoxy groups -OCH3 is 2. The van der Waals surface area contributed by atoms with Gasteiger partial charge < -0.3 is 24.8 Å². The average molecular weight is 441 g/mol. The second-order valence-corrected chi connectivity index (χ2v) is 7.11. The standard InChI is InChI=1S/C22H23N3O7/c1-22(14-4-8-16(30-2)9-5-14)20(28)25(21(29)24-22)12-19(27)32-13-18(26)23-15-6-10-17(31-3)11-7-15/h4-11H,12-13H2,1-3H3,(H,23,26)(H,24,29)/t22-/m0/s1. The van der Waals surface area contributed by atoms with Crippen LogP contribution in [-0.2, 0) is 24.7 Å². The zero-order chi connectivity index (χ0) is 23.3. The first-order valence-electron chi connectivity index (χ1n) is 9.65. The number of ether oxygens (including phenoxy) is 3. The molecule has 0 aromatic heterocycles. The summed E-state index contributed by atoms with van der Waals surface area (Å²) >= 11 is 0. The molecule has 168 valence electrons. The van der Waals surface area contributed by atoms with Gasteiger partial charge in [0, 0.05) is 5.69 Å². The van der Waals surface area contributed by atoms with E-state index in [1.165, 1.54) is 14.2 Å². The fourth-order valence-corrected chi connectivity index (χ4v) is 3.15. The summed E-state index contributed by atoms with van der Waals surface area (Å²) in [7, 11) is 3.04. The van der Waals surface area contributed by atoms with E-state index in [0.717, 1.165) is 4.90 Å². The van der Waals surface area contributed by atoms with Gasteiger partial charge in [-0.15, -0.1) is 0 Å². The Morgan fingerprint density at radius 1 is 0.969 bits per heavy atom. The summed E-state index contributed by atoms with van der Waals surface area (Å²) in [5.74, 6) is -0.833. The molecule has 1 fully saturated rings. The summed E-state index contributed by atoms with van der Waals surface area (Å²) in [6, 6.07) is 12.5. The van der Waals surface area contributed by atoms with Gasteiger partial charge in [-0.3, -0.25) is 19.3 Å². The topological polar surface area (TPSA) is 123 Å². The van der Waals surface area contributed by atoms with E-state index < -0.39 is 42.5 Å². The highest BCUT2D eigenvalue weighted by molar-refractivity contribution is 6.09. The number of carbonyl (C=O) groups excluding carboxylic acids is 4. The summed E-state index contributed by atoms with van der Waals surface area (Å²) in [5, 5.41) is 5.16. The number of hydrogen-bond donors (Lipinski definition) is 2. The van der Waals surface area contributed by atoms with Gasteiger partial charge in [0.1, 0.15) is 23.6 Å². The fourth-order valence-electron chi connectivity index (χ4n) is 3.15. The van der Waals surface area contributed by atoms with Crippen molar-refractivity contribution >= 4 is 29.5 Å². The summed E-state index contributed by atoms with van der Waals surface area (Å²) in [6.07, 6.45) is 0. The van der Waals surface area contributed by atoms with E-state index in [-0.39, 0.29) is 0 Å². The van der Waals surface area contributed by atoms with Gasteiger partial charge >= 0.3 is 12.0 Å². The Bertz CT molecular complexity index is 1020. The number of hydrogen-bond acceptors (Lipinski definition) is 7. The molecule has 0 saturated carbocycles. The van der Waals surface area contributed by atoms with E-state index >= 15 is 0 Å². The molecule has 0 radical (unpaired) electrons. The molecule has 0 aliphatic carbocycles. The van der Waals surface area contributed by atoms with Crippen molar-refractivity contribution in [3.05, 3.63) is 54.1 Å². The van der Waals surface area contributed by atoms with Gasteiger partial charge in [-0.25, -0.2) is 4.79 Å². The Morgan fingerprint density at radius 2 is 1.53 bits per heavy atom. The molecule has 32 heavy (non-hydrogen) atoms. The summed E-state index contributed by atoms with van der Waals surface area (Å²) < 4.78 is 15.1. The molecule has 10 nitrogen and oxygen atoms in total. The molecule has 3 rings (SSSR count). The van der Waals surface area contributed by atoms with Crippen molar-refractivity contribution in [2.45, 2.75) is 12.5 Å². The van der Waals surface area contributed by atoms with Crippen molar-refractivity contribution < 1.29 is 33.4 Å². The summed E-state index contributed by atoms with van der Waals surface area (Å²) in [6.45, 7) is 0.360. The quantitative estimate of drug-likeness (QED) is 0.472. The minimum absolute atomic E-state index is 0.496. The summed E-state index contributed by atoms with van der Waals surface area (Å²) in [5.41, 5.74) is -0.308. The normalized spacial score (nSPS) is 17.5. The molecular formula is C22H23N3O7. The molecule has 1 aliphatic rings. The maximum absolute atomic E-state index is 12.9. The minimum atomic E-state index is -1.34. The predicted octanol–water partition coefficient (Wildman–Crippen LogP) is 1.65. The van der Waals surface area contributed by atoms with Crippen LogP contribution in [-0.4, -0.2) is 56.1 Å². The van der Waals surface area contributed by atoms with Crippen LogP contribution in [0.4, 0.5) is 10.5 Å². The number of urea groups is 1. The van der Waals surface area contributed by atoms with E-state index in [9.17, 15) is 19.2 Å². The number of anilines is 1. The van der Waals surface area contributed by atoms with Gasteiger partial charge in [-0.1, -0.05) is 12.1 Å². The first-order chi connectivity index (χ1) is 15.3. The average Bonchev–Trinajstić information content (AvgIpc) is 3.02. The Labute approximate surface area is 184 Å². The predicted molar refractivity (Wildman–Crippen MR) is 113 cm³/mol. The number of rotatable bonds is 8. The van der Waals surface area contributed by atoms with E-state index in [0.29, 0.717) is 22.7 Å². The zero-order valence-corrected chi connectivity index (χ0v) is 17.8. The van der Waals surface area contributed by atoms with Crippen molar-refractivity contribution in [2.24, 2.45) is 0 Å². The molecule has 1 saturated heterocycles. The molecule has 2 aromatic rings. The molecule has 0 unspecified atom stereocenters. The zero-order valence-electron chi connectivity index (χ0n) is 17.8. The highest BCUT2D eigenvalue weighted by Crippen LogP contribution is 2.30.